The fourth-order valence-corrected chi connectivity index (χ4v) is 2.89. The van der Waals surface area contributed by atoms with Crippen molar-refractivity contribution >= 4 is 28.8 Å². The third-order valence-corrected chi connectivity index (χ3v) is 4.39. The summed E-state index contributed by atoms with van der Waals surface area (Å²) in [5.74, 6) is -0.739. The average Bonchev–Trinajstić information content (AvgIpc) is 3.17. The van der Waals surface area contributed by atoms with Crippen molar-refractivity contribution < 1.29 is 9.18 Å². The van der Waals surface area contributed by atoms with Crippen LogP contribution in [0.3, 0.4) is 0 Å². The monoisotopic (exact) mass is 365 g/mol. The maximum atomic E-state index is 13.0. The molecule has 0 spiro atoms. The molecule has 124 valence electrons. The van der Waals surface area contributed by atoms with Crippen LogP contribution in [0.15, 0.2) is 29.8 Å². The Labute approximate surface area is 146 Å². The minimum absolute atomic E-state index is 0.195. The number of amides is 1. The van der Waals surface area contributed by atoms with Gasteiger partial charge in [-0.25, -0.2) is 14.1 Å². The molecule has 3 rings (SSSR count). The molecular formula is C15H13ClFN5OS. The highest BCUT2D eigenvalue weighted by Gasteiger charge is 2.12. The second-order valence-corrected chi connectivity index (χ2v) is 6.55. The topological polar surface area (TPSA) is 72.7 Å². The van der Waals surface area contributed by atoms with E-state index in [1.165, 1.54) is 34.3 Å². The first-order valence-corrected chi connectivity index (χ1v) is 8.30. The van der Waals surface area contributed by atoms with E-state index in [4.69, 9.17) is 11.6 Å². The quantitative estimate of drug-likeness (QED) is 0.754. The molecule has 0 bridgehead atoms. The summed E-state index contributed by atoms with van der Waals surface area (Å²) in [7, 11) is 0. The number of aryl methyl sites for hydroxylation is 1. The van der Waals surface area contributed by atoms with Gasteiger partial charge in [0.05, 0.1) is 30.0 Å². The number of hydrogen-bond acceptors (Lipinski definition) is 5. The molecule has 24 heavy (non-hydrogen) atoms. The molecule has 0 unspecified atom stereocenters. The predicted molar refractivity (Wildman–Crippen MR) is 88.6 cm³/mol. The highest BCUT2D eigenvalue weighted by molar-refractivity contribution is 7.09. The minimum Gasteiger partial charge on any atom is -0.345 e. The van der Waals surface area contributed by atoms with Gasteiger partial charge in [0.15, 0.2) is 5.69 Å². The van der Waals surface area contributed by atoms with Crippen LogP contribution >= 0.6 is 22.9 Å². The molecular weight excluding hydrogens is 353 g/mol. The molecule has 0 aliphatic rings. The van der Waals surface area contributed by atoms with Gasteiger partial charge in [-0.3, -0.25) is 4.79 Å². The highest BCUT2D eigenvalue weighted by atomic mass is 35.5. The van der Waals surface area contributed by atoms with E-state index >= 15 is 0 Å². The molecule has 1 N–H and O–H groups in total. The zero-order chi connectivity index (χ0) is 17.1. The van der Waals surface area contributed by atoms with Crippen molar-refractivity contribution in [3.05, 3.63) is 62.6 Å². The fourth-order valence-electron chi connectivity index (χ4n) is 2.05. The van der Waals surface area contributed by atoms with Crippen LogP contribution in [-0.4, -0.2) is 25.9 Å². The Kier molecular flexibility index (Phi) is 4.86. The average molecular weight is 366 g/mol. The van der Waals surface area contributed by atoms with Crippen molar-refractivity contribution in [1.29, 1.82) is 0 Å². The van der Waals surface area contributed by atoms with Crippen molar-refractivity contribution in [2.45, 2.75) is 20.0 Å². The van der Waals surface area contributed by atoms with Crippen molar-refractivity contribution in [3.63, 3.8) is 0 Å². The Balaban J connectivity index is 1.63. The first-order valence-electron chi connectivity index (χ1n) is 7.04. The van der Waals surface area contributed by atoms with E-state index in [1.807, 2.05) is 12.3 Å². The van der Waals surface area contributed by atoms with E-state index in [2.05, 4.69) is 20.6 Å². The van der Waals surface area contributed by atoms with E-state index in [0.29, 0.717) is 23.7 Å². The molecule has 0 radical (unpaired) electrons. The lowest BCUT2D eigenvalue weighted by Crippen LogP contribution is -2.23. The van der Waals surface area contributed by atoms with Crippen LogP contribution in [0, 0.1) is 12.7 Å². The van der Waals surface area contributed by atoms with E-state index in [-0.39, 0.29) is 11.6 Å². The highest BCUT2D eigenvalue weighted by Crippen LogP contribution is 2.18. The van der Waals surface area contributed by atoms with Gasteiger partial charge >= 0.3 is 0 Å². The van der Waals surface area contributed by atoms with Gasteiger partial charge in [0.1, 0.15) is 5.82 Å². The Morgan fingerprint density at radius 3 is 3.00 bits per heavy atom. The number of halogens is 2. The van der Waals surface area contributed by atoms with Crippen LogP contribution in [0.5, 0.6) is 0 Å². The molecule has 9 heteroatoms. The van der Waals surface area contributed by atoms with Crippen molar-refractivity contribution in [2.75, 3.05) is 0 Å². The predicted octanol–water partition coefficient (Wildman–Crippen LogP) is 2.81. The number of rotatable bonds is 5. The summed E-state index contributed by atoms with van der Waals surface area (Å²) in [4.78, 5) is 16.3. The van der Waals surface area contributed by atoms with Crippen LogP contribution < -0.4 is 5.32 Å². The molecule has 0 saturated carbocycles. The summed E-state index contributed by atoms with van der Waals surface area (Å²) in [6.07, 6.45) is 1.52. The van der Waals surface area contributed by atoms with Gasteiger partial charge in [0, 0.05) is 10.4 Å². The lowest BCUT2D eigenvalue weighted by Gasteiger charge is -2.03. The first-order chi connectivity index (χ1) is 11.5. The first kappa shape index (κ1) is 16.5. The molecule has 0 saturated heterocycles. The second kappa shape index (κ2) is 7.06. The Bertz CT molecular complexity index is 878. The van der Waals surface area contributed by atoms with Gasteiger partial charge in [0.25, 0.3) is 5.91 Å². The Morgan fingerprint density at radius 2 is 2.29 bits per heavy atom. The van der Waals surface area contributed by atoms with Gasteiger partial charge in [-0.1, -0.05) is 22.9 Å². The van der Waals surface area contributed by atoms with Crippen LogP contribution in [0.2, 0.25) is 5.02 Å². The summed E-state index contributed by atoms with van der Waals surface area (Å²) >= 11 is 7.51. The van der Waals surface area contributed by atoms with Gasteiger partial charge in [-0.15, -0.1) is 16.4 Å². The molecule has 2 aromatic heterocycles. The number of carbonyl (C=O) groups excluding carboxylic acids is 1. The Hall–Kier alpha value is -2.32. The molecule has 0 aliphatic carbocycles. The number of benzene rings is 1. The smallest absolute Gasteiger partial charge is 0.273 e. The Morgan fingerprint density at radius 1 is 1.46 bits per heavy atom. The molecule has 1 aromatic carbocycles. The lowest BCUT2D eigenvalue weighted by atomic mass is 10.2. The van der Waals surface area contributed by atoms with Crippen molar-refractivity contribution in [1.82, 2.24) is 25.3 Å². The minimum atomic E-state index is -0.403. The van der Waals surface area contributed by atoms with Gasteiger partial charge < -0.3 is 5.32 Å². The van der Waals surface area contributed by atoms with E-state index in [9.17, 15) is 9.18 Å². The van der Waals surface area contributed by atoms with Gasteiger partial charge in [0.2, 0.25) is 0 Å². The number of aromatic nitrogens is 4. The standard InChI is InChI=1S/C15H13ClFN5OS/c1-9-19-12(8-24-9)5-18-15(23)14-7-22(21-20-14)6-10-2-3-11(17)4-13(10)16/h2-4,7-8H,5-6H2,1H3,(H,18,23). The fraction of sp³-hybridized carbons (Fsp3) is 0.200. The SMILES string of the molecule is Cc1nc(CNC(=O)c2cn(Cc3ccc(F)cc3Cl)nn2)cs1. The van der Waals surface area contributed by atoms with Crippen molar-refractivity contribution in [2.24, 2.45) is 0 Å². The van der Waals surface area contributed by atoms with Gasteiger partial charge in [-0.2, -0.15) is 0 Å². The summed E-state index contributed by atoms with van der Waals surface area (Å²) < 4.78 is 14.5. The molecule has 0 fully saturated rings. The third kappa shape index (κ3) is 3.95. The van der Waals surface area contributed by atoms with Crippen LogP contribution in [0.1, 0.15) is 26.8 Å². The zero-order valence-electron chi connectivity index (χ0n) is 12.7. The van der Waals surface area contributed by atoms with Crippen molar-refractivity contribution in [3.8, 4) is 0 Å². The molecule has 3 aromatic rings. The van der Waals surface area contributed by atoms with E-state index in [1.54, 1.807) is 6.07 Å². The molecule has 0 atom stereocenters. The number of carbonyl (C=O) groups is 1. The number of nitrogens with one attached hydrogen (secondary N) is 1. The number of hydrogen-bond donors (Lipinski definition) is 1. The largest absolute Gasteiger partial charge is 0.345 e. The maximum absolute atomic E-state index is 13.0. The summed E-state index contributed by atoms with van der Waals surface area (Å²) in [6, 6.07) is 4.13. The third-order valence-electron chi connectivity index (χ3n) is 3.22. The zero-order valence-corrected chi connectivity index (χ0v) is 14.2. The lowest BCUT2D eigenvalue weighted by molar-refractivity contribution is 0.0945. The van der Waals surface area contributed by atoms with Gasteiger partial charge in [-0.05, 0) is 24.6 Å². The second-order valence-electron chi connectivity index (χ2n) is 5.08. The molecule has 2 heterocycles. The number of thiazole rings is 1. The van der Waals surface area contributed by atoms with Crippen LogP contribution in [0.25, 0.3) is 0 Å². The maximum Gasteiger partial charge on any atom is 0.273 e. The summed E-state index contributed by atoms with van der Waals surface area (Å²) in [6.45, 7) is 2.53. The normalized spacial score (nSPS) is 10.8. The molecule has 6 nitrogen and oxygen atoms in total. The van der Waals surface area contributed by atoms with E-state index < -0.39 is 5.82 Å². The van der Waals surface area contributed by atoms with Crippen LogP contribution in [0.4, 0.5) is 4.39 Å². The van der Waals surface area contributed by atoms with Crippen LogP contribution in [-0.2, 0) is 13.1 Å². The molecule has 1 amide bonds. The number of nitrogens with zero attached hydrogens (tertiary/aromatic N) is 4. The molecule has 0 aliphatic heterocycles. The van der Waals surface area contributed by atoms with E-state index in [0.717, 1.165) is 10.7 Å². The summed E-state index contributed by atoms with van der Waals surface area (Å²) in [5, 5.41) is 13.6. The summed E-state index contributed by atoms with van der Waals surface area (Å²) in [5.41, 5.74) is 1.68.